The van der Waals surface area contributed by atoms with Gasteiger partial charge in [-0.3, -0.25) is 5.10 Å². The Hall–Kier alpha value is -2.92. The number of carbonyl (C=O) groups is 1. The quantitative estimate of drug-likeness (QED) is 0.406. The first-order valence-electron chi connectivity index (χ1n) is 7.83. The van der Waals surface area contributed by atoms with Gasteiger partial charge in [0, 0.05) is 11.3 Å². The topological polar surface area (TPSA) is 100 Å². The second-order valence-corrected chi connectivity index (χ2v) is 6.12. The molecule has 0 aliphatic carbocycles. The van der Waals surface area contributed by atoms with Crippen LogP contribution in [-0.4, -0.2) is 34.9 Å². The van der Waals surface area contributed by atoms with Crippen LogP contribution in [-0.2, 0) is 11.2 Å². The predicted octanol–water partition coefficient (Wildman–Crippen LogP) is 1.66. The van der Waals surface area contributed by atoms with Crippen LogP contribution < -0.4 is 14.6 Å². The number of nitrogens with one attached hydrogen (secondary N) is 1. The Labute approximate surface area is 155 Å². The lowest BCUT2D eigenvalue weighted by molar-refractivity contribution is -0.297. The summed E-state index contributed by atoms with van der Waals surface area (Å²) in [5, 5.41) is 18.6. The number of carboxylic acids is 1. The lowest BCUT2D eigenvalue weighted by Gasteiger charge is -2.10. The first-order chi connectivity index (χ1) is 12.6. The molecule has 1 N–H and O–H groups in total. The van der Waals surface area contributed by atoms with Crippen molar-refractivity contribution in [3.63, 3.8) is 0 Å². The largest absolute Gasteiger partial charge is 0.544 e. The Morgan fingerprint density at radius 2 is 2.27 bits per heavy atom. The molecule has 26 heavy (non-hydrogen) atoms. The van der Waals surface area contributed by atoms with E-state index >= 15 is 0 Å². The third kappa shape index (κ3) is 5.29. The zero-order valence-electron chi connectivity index (χ0n) is 14.4. The Kier molecular flexibility index (Phi) is 7.12. The number of methoxy groups -OCH3 is 1. The summed E-state index contributed by atoms with van der Waals surface area (Å²) in [6.45, 7) is 2.13. The number of rotatable bonds is 9. The zero-order chi connectivity index (χ0) is 18.9. The maximum absolute atomic E-state index is 11.5. The molecule has 0 radical (unpaired) electrons. The number of ether oxygens (including phenoxy) is 2. The van der Waals surface area contributed by atoms with Crippen molar-refractivity contribution in [1.29, 1.82) is 0 Å². The van der Waals surface area contributed by atoms with Gasteiger partial charge in [-0.05, 0) is 42.0 Å². The Morgan fingerprint density at radius 3 is 2.92 bits per heavy atom. The van der Waals surface area contributed by atoms with Crippen LogP contribution >= 0.6 is 11.8 Å². The van der Waals surface area contributed by atoms with Crippen LogP contribution in [0.1, 0.15) is 24.7 Å². The van der Waals surface area contributed by atoms with E-state index in [1.54, 1.807) is 18.2 Å². The van der Waals surface area contributed by atoms with E-state index in [1.807, 2.05) is 6.92 Å². The Balaban J connectivity index is 2.24. The average Bonchev–Trinajstić information content (AvgIpc) is 3.07. The highest BCUT2D eigenvalue weighted by Crippen LogP contribution is 2.31. The second-order valence-electron chi connectivity index (χ2n) is 5.12. The number of nitrogens with zero attached hydrogens (tertiary/aromatic N) is 2. The first-order valence-corrected chi connectivity index (χ1v) is 8.65. The molecule has 0 saturated carbocycles. The lowest BCUT2D eigenvalue weighted by Crippen LogP contribution is -2.23. The summed E-state index contributed by atoms with van der Waals surface area (Å²) in [6, 6.07) is 5.00. The highest BCUT2D eigenvalue weighted by molar-refractivity contribution is 8.04. The maximum Gasteiger partial charge on any atom is 0.213 e. The van der Waals surface area contributed by atoms with Gasteiger partial charge in [-0.1, -0.05) is 18.9 Å². The van der Waals surface area contributed by atoms with Crippen molar-refractivity contribution in [3.05, 3.63) is 34.5 Å². The lowest BCUT2D eigenvalue weighted by atomic mass is 10.2. The number of thioether (sulfide) groups is 1. The highest BCUT2D eigenvalue weighted by Gasteiger charge is 2.10. The van der Waals surface area contributed by atoms with Gasteiger partial charge >= 0.3 is 0 Å². The first kappa shape index (κ1) is 19.4. The van der Waals surface area contributed by atoms with E-state index in [-0.39, 0.29) is 11.5 Å². The number of H-pyrrole nitrogens is 1. The molecule has 2 rings (SSSR count). The summed E-state index contributed by atoms with van der Waals surface area (Å²) in [5.74, 6) is 2.69. The van der Waals surface area contributed by atoms with Crippen molar-refractivity contribution in [2.75, 3.05) is 13.7 Å². The number of carbonyl (C=O) groups excluding carboxylic acids is 1. The minimum Gasteiger partial charge on any atom is -0.544 e. The summed E-state index contributed by atoms with van der Waals surface area (Å²) >= 11 is 0.917. The molecule has 0 aliphatic heterocycles. The highest BCUT2D eigenvalue weighted by atomic mass is 32.2. The van der Waals surface area contributed by atoms with Crippen molar-refractivity contribution in [2.45, 2.75) is 24.9 Å². The molecule has 1 aromatic carbocycles. The van der Waals surface area contributed by atoms with E-state index < -0.39 is 5.97 Å². The minimum atomic E-state index is -1.32. The predicted molar refractivity (Wildman–Crippen MR) is 96.5 cm³/mol. The van der Waals surface area contributed by atoms with Crippen LogP contribution in [0.15, 0.2) is 28.3 Å². The number of carboxylic acid groups (broad SMARTS) is 1. The number of benzene rings is 1. The Morgan fingerprint density at radius 1 is 1.46 bits per heavy atom. The van der Waals surface area contributed by atoms with Gasteiger partial charge in [0.2, 0.25) is 5.16 Å². The van der Waals surface area contributed by atoms with Crippen LogP contribution in [0.2, 0.25) is 0 Å². The normalized spacial score (nSPS) is 11.0. The molecule has 0 bridgehead atoms. The Bertz CT molecular complexity index is 839. The van der Waals surface area contributed by atoms with Crippen LogP contribution in [0.3, 0.4) is 0 Å². The summed E-state index contributed by atoms with van der Waals surface area (Å²) in [4.78, 5) is 15.7. The van der Waals surface area contributed by atoms with Crippen molar-refractivity contribution in [2.24, 2.45) is 0 Å². The third-order valence-corrected chi connectivity index (χ3v) is 4.07. The van der Waals surface area contributed by atoms with Crippen LogP contribution in [0, 0.1) is 12.3 Å². The van der Waals surface area contributed by atoms with E-state index in [0.717, 1.165) is 24.6 Å². The maximum atomic E-state index is 11.5. The van der Waals surface area contributed by atoms with Crippen molar-refractivity contribution in [3.8, 4) is 23.8 Å². The summed E-state index contributed by atoms with van der Waals surface area (Å²) < 4.78 is 10.6. The van der Waals surface area contributed by atoms with Crippen LogP contribution in [0.25, 0.3) is 6.08 Å². The molecule has 0 spiro atoms. The van der Waals surface area contributed by atoms with Gasteiger partial charge in [-0.2, -0.15) is 0 Å². The van der Waals surface area contributed by atoms with Gasteiger partial charge in [0.25, 0.3) is 0 Å². The van der Waals surface area contributed by atoms with Gasteiger partial charge in [0.1, 0.15) is 12.4 Å². The molecule has 0 aliphatic rings. The van der Waals surface area contributed by atoms with E-state index in [0.29, 0.717) is 28.0 Å². The number of aromatic amines is 1. The van der Waals surface area contributed by atoms with Gasteiger partial charge in [0.05, 0.1) is 13.1 Å². The van der Waals surface area contributed by atoms with E-state index in [2.05, 4.69) is 21.1 Å². The number of terminal acetylenes is 1. The van der Waals surface area contributed by atoms with Crippen LogP contribution in [0.4, 0.5) is 0 Å². The van der Waals surface area contributed by atoms with Crippen molar-refractivity contribution < 1.29 is 19.4 Å². The molecular formula is C18H18N3O4S-. The van der Waals surface area contributed by atoms with Crippen molar-refractivity contribution >= 4 is 23.8 Å². The molecule has 0 saturated heterocycles. The van der Waals surface area contributed by atoms with Crippen molar-refractivity contribution in [1.82, 2.24) is 15.2 Å². The molecule has 0 atom stereocenters. The third-order valence-electron chi connectivity index (χ3n) is 3.20. The van der Waals surface area contributed by atoms with Gasteiger partial charge in [-0.25, -0.2) is 4.98 Å². The SMILES string of the molecule is C#CCOc1ccc(/C=C(\Sc2n[nH]c(CCC)n2)C(=O)[O-])cc1OC. The zero-order valence-corrected chi connectivity index (χ0v) is 15.3. The van der Waals surface area contributed by atoms with E-state index in [4.69, 9.17) is 15.9 Å². The molecule has 7 nitrogen and oxygen atoms in total. The number of hydrogen-bond donors (Lipinski definition) is 1. The molecular weight excluding hydrogens is 354 g/mol. The molecule has 1 heterocycles. The standard InChI is InChI=1S/C18H19N3O4S/c1-4-6-16-19-18(21-20-16)26-15(17(22)23)11-12-7-8-13(25-9-5-2)14(10-12)24-3/h2,7-8,10-11H,4,6,9H2,1,3H3,(H,22,23)(H,19,20,21)/p-1/b15-11-. The fourth-order valence-electron chi connectivity index (χ4n) is 2.06. The minimum absolute atomic E-state index is 0.0219. The monoisotopic (exact) mass is 372 g/mol. The smallest absolute Gasteiger partial charge is 0.213 e. The molecule has 1 aromatic heterocycles. The molecule has 0 fully saturated rings. The fourth-order valence-corrected chi connectivity index (χ4v) is 2.79. The summed E-state index contributed by atoms with van der Waals surface area (Å²) in [6.07, 6.45) is 8.30. The molecule has 0 amide bonds. The fraction of sp³-hybridized carbons (Fsp3) is 0.278. The van der Waals surface area contributed by atoms with E-state index in [9.17, 15) is 9.90 Å². The second kappa shape index (κ2) is 9.53. The summed E-state index contributed by atoms with van der Waals surface area (Å²) in [7, 11) is 1.49. The van der Waals surface area contributed by atoms with E-state index in [1.165, 1.54) is 13.2 Å². The number of aromatic nitrogens is 3. The molecule has 0 unspecified atom stereocenters. The summed E-state index contributed by atoms with van der Waals surface area (Å²) in [5.41, 5.74) is 0.603. The molecule has 136 valence electrons. The molecule has 8 heteroatoms. The van der Waals surface area contributed by atoms with Crippen LogP contribution in [0.5, 0.6) is 11.5 Å². The number of aliphatic carboxylic acids is 1. The van der Waals surface area contributed by atoms with Gasteiger partial charge in [-0.15, -0.1) is 11.5 Å². The van der Waals surface area contributed by atoms with Gasteiger partial charge in [0.15, 0.2) is 11.5 Å². The van der Waals surface area contributed by atoms with Gasteiger partial charge < -0.3 is 19.4 Å². The number of hydrogen-bond acceptors (Lipinski definition) is 7. The molecule has 2 aromatic rings. The average molecular weight is 372 g/mol. The number of aryl methyl sites for hydroxylation is 1.